The van der Waals surface area contributed by atoms with Crippen LogP contribution in [0.2, 0.25) is 0 Å². The minimum atomic E-state index is 0.598. The summed E-state index contributed by atoms with van der Waals surface area (Å²) < 4.78 is 0. The molecule has 1 aliphatic carbocycles. The number of nitrogens with zero attached hydrogens (tertiary/aromatic N) is 1. The normalized spacial score (nSPS) is 36.4. The van der Waals surface area contributed by atoms with Crippen LogP contribution in [-0.2, 0) is 0 Å². The maximum atomic E-state index is 5.78. The van der Waals surface area contributed by atoms with Crippen LogP contribution >= 0.6 is 0 Å². The van der Waals surface area contributed by atoms with Gasteiger partial charge in [-0.15, -0.1) is 0 Å². The Morgan fingerprint density at radius 3 is 2.71 bits per heavy atom. The number of piperidine rings is 1. The molecule has 0 bridgehead atoms. The first-order valence-electron chi connectivity index (χ1n) is 6.28. The van der Waals surface area contributed by atoms with Gasteiger partial charge in [0.15, 0.2) is 0 Å². The molecular weight excluding hydrogens is 172 g/mol. The molecule has 2 N–H and O–H groups in total. The first-order valence-corrected chi connectivity index (χ1v) is 6.28. The molecular formula is C12H24N2. The maximum absolute atomic E-state index is 5.78. The van der Waals surface area contributed by atoms with Gasteiger partial charge in [-0.1, -0.05) is 12.8 Å². The second-order valence-electron chi connectivity index (χ2n) is 5.08. The van der Waals surface area contributed by atoms with Crippen LogP contribution in [0.15, 0.2) is 0 Å². The summed E-state index contributed by atoms with van der Waals surface area (Å²) in [6.45, 7) is 4.40. The highest BCUT2D eigenvalue weighted by atomic mass is 15.2. The Labute approximate surface area is 87.8 Å². The fourth-order valence-corrected chi connectivity index (χ4v) is 3.35. The highest BCUT2D eigenvalue weighted by Crippen LogP contribution is 2.35. The Morgan fingerprint density at radius 2 is 1.93 bits per heavy atom. The molecule has 0 spiro atoms. The molecule has 14 heavy (non-hydrogen) atoms. The van der Waals surface area contributed by atoms with Gasteiger partial charge in [0.2, 0.25) is 0 Å². The minimum Gasteiger partial charge on any atom is -0.329 e. The lowest BCUT2D eigenvalue weighted by Crippen LogP contribution is -2.52. The van der Waals surface area contributed by atoms with E-state index in [-0.39, 0.29) is 0 Å². The van der Waals surface area contributed by atoms with Gasteiger partial charge in [0.05, 0.1) is 0 Å². The van der Waals surface area contributed by atoms with Gasteiger partial charge in [-0.2, -0.15) is 0 Å². The minimum absolute atomic E-state index is 0.598. The first kappa shape index (κ1) is 10.4. The molecule has 1 saturated carbocycles. The fraction of sp³-hybridized carbons (Fsp3) is 1.00. The molecule has 0 aromatic rings. The van der Waals surface area contributed by atoms with Gasteiger partial charge in [-0.05, 0) is 45.1 Å². The molecule has 3 atom stereocenters. The lowest BCUT2D eigenvalue weighted by atomic mass is 9.78. The lowest BCUT2D eigenvalue weighted by molar-refractivity contribution is 0.0341. The van der Waals surface area contributed by atoms with Crippen LogP contribution in [0.5, 0.6) is 0 Å². The van der Waals surface area contributed by atoms with E-state index in [1.165, 1.54) is 45.1 Å². The van der Waals surface area contributed by atoms with E-state index in [1.807, 2.05) is 0 Å². The van der Waals surface area contributed by atoms with Crippen molar-refractivity contribution in [3.05, 3.63) is 0 Å². The summed E-state index contributed by atoms with van der Waals surface area (Å²) in [5.74, 6) is 0.992. The molecule has 2 nitrogen and oxygen atoms in total. The number of nitrogens with two attached hydrogens (primary N) is 1. The summed E-state index contributed by atoms with van der Waals surface area (Å²) >= 11 is 0. The second-order valence-corrected chi connectivity index (χ2v) is 5.08. The zero-order valence-electron chi connectivity index (χ0n) is 9.41. The van der Waals surface area contributed by atoms with Gasteiger partial charge < -0.3 is 5.73 Å². The number of likely N-dealkylation sites (tertiary alicyclic amines) is 1. The van der Waals surface area contributed by atoms with E-state index in [9.17, 15) is 0 Å². The fourth-order valence-electron chi connectivity index (χ4n) is 3.35. The van der Waals surface area contributed by atoms with Gasteiger partial charge in [0, 0.05) is 18.6 Å². The summed E-state index contributed by atoms with van der Waals surface area (Å²) in [6.07, 6.45) is 8.67. The van der Waals surface area contributed by atoms with Crippen LogP contribution in [0.4, 0.5) is 0 Å². The van der Waals surface area contributed by atoms with Crippen molar-refractivity contribution < 1.29 is 0 Å². The van der Waals surface area contributed by atoms with Crippen molar-refractivity contribution in [3.63, 3.8) is 0 Å². The number of hydrogen-bond donors (Lipinski definition) is 1. The Bertz CT molecular complexity index is 177. The van der Waals surface area contributed by atoms with Crippen LogP contribution in [0.1, 0.15) is 45.4 Å². The Hall–Kier alpha value is -0.0800. The molecule has 2 rings (SSSR count). The Kier molecular flexibility index (Phi) is 3.45. The molecule has 1 heterocycles. The third-order valence-electron chi connectivity index (χ3n) is 4.19. The van der Waals surface area contributed by atoms with E-state index in [2.05, 4.69) is 11.8 Å². The molecule has 0 radical (unpaired) electrons. The Morgan fingerprint density at radius 1 is 1.21 bits per heavy atom. The average Bonchev–Trinajstić information content (AvgIpc) is 2.27. The van der Waals surface area contributed by atoms with Crippen LogP contribution in [0.25, 0.3) is 0 Å². The van der Waals surface area contributed by atoms with Crippen molar-refractivity contribution in [1.29, 1.82) is 0 Å². The summed E-state index contributed by atoms with van der Waals surface area (Å²) in [5.41, 5.74) is 5.78. The first-order chi connectivity index (χ1) is 6.83. The molecule has 1 aliphatic heterocycles. The van der Waals surface area contributed by atoms with Gasteiger partial charge in [0.25, 0.3) is 0 Å². The van der Waals surface area contributed by atoms with Crippen molar-refractivity contribution in [1.82, 2.24) is 4.90 Å². The van der Waals surface area contributed by atoms with E-state index in [1.54, 1.807) is 0 Å². The Balaban J connectivity index is 2.01. The second kappa shape index (κ2) is 4.63. The number of hydrogen-bond acceptors (Lipinski definition) is 2. The lowest BCUT2D eigenvalue weighted by Gasteiger charge is -2.46. The quantitative estimate of drug-likeness (QED) is 0.732. The van der Waals surface area contributed by atoms with Crippen molar-refractivity contribution in [2.24, 2.45) is 11.7 Å². The molecule has 82 valence electrons. The predicted octanol–water partition coefficient (Wildman–Crippen LogP) is 1.99. The van der Waals surface area contributed by atoms with Crippen LogP contribution < -0.4 is 5.73 Å². The monoisotopic (exact) mass is 196 g/mol. The third kappa shape index (κ3) is 1.96. The van der Waals surface area contributed by atoms with Crippen LogP contribution in [-0.4, -0.2) is 30.1 Å². The van der Waals surface area contributed by atoms with Gasteiger partial charge in [-0.25, -0.2) is 0 Å². The van der Waals surface area contributed by atoms with E-state index >= 15 is 0 Å². The van der Waals surface area contributed by atoms with Crippen molar-refractivity contribution >= 4 is 0 Å². The zero-order chi connectivity index (χ0) is 9.97. The summed E-state index contributed by atoms with van der Waals surface area (Å²) in [4.78, 5) is 2.69. The van der Waals surface area contributed by atoms with E-state index in [0.717, 1.165) is 18.5 Å². The van der Waals surface area contributed by atoms with E-state index in [0.29, 0.717) is 6.04 Å². The molecule has 0 aromatic carbocycles. The SMILES string of the molecule is CC(CN)N1CCCC2CCCCC21. The molecule has 0 aromatic heterocycles. The molecule has 2 aliphatic rings. The smallest absolute Gasteiger partial charge is 0.0193 e. The summed E-state index contributed by atoms with van der Waals surface area (Å²) in [7, 11) is 0. The molecule has 2 heteroatoms. The topological polar surface area (TPSA) is 29.3 Å². The third-order valence-corrected chi connectivity index (χ3v) is 4.19. The number of fused-ring (bicyclic) bond motifs is 1. The predicted molar refractivity (Wildman–Crippen MR) is 60.2 cm³/mol. The van der Waals surface area contributed by atoms with Gasteiger partial charge >= 0.3 is 0 Å². The van der Waals surface area contributed by atoms with Gasteiger partial charge in [0.1, 0.15) is 0 Å². The summed E-state index contributed by atoms with van der Waals surface area (Å²) in [6, 6.07) is 1.47. The highest BCUT2D eigenvalue weighted by Gasteiger charge is 2.34. The van der Waals surface area contributed by atoms with Crippen LogP contribution in [0.3, 0.4) is 0 Å². The molecule has 3 unspecified atom stereocenters. The van der Waals surface area contributed by atoms with E-state index in [4.69, 9.17) is 5.73 Å². The highest BCUT2D eigenvalue weighted by molar-refractivity contribution is 4.89. The van der Waals surface area contributed by atoms with Crippen molar-refractivity contribution in [2.75, 3.05) is 13.1 Å². The standard InChI is InChI=1S/C12H24N2/c1-10(9-13)14-8-4-6-11-5-2-3-7-12(11)14/h10-12H,2-9,13H2,1H3. The average molecular weight is 196 g/mol. The molecule has 0 amide bonds. The summed E-state index contributed by atoms with van der Waals surface area (Å²) in [5, 5.41) is 0. The van der Waals surface area contributed by atoms with Gasteiger partial charge in [-0.3, -0.25) is 4.90 Å². The van der Waals surface area contributed by atoms with Crippen LogP contribution in [0, 0.1) is 5.92 Å². The molecule has 1 saturated heterocycles. The molecule has 2 fully saturated rings. The largest absolute Gasteiger partial charge is 0.329 e. The van der Waals surface area contributed by atoms with Crippen molar-refractivity contribution in [2.45, 2.75) is 57.5 Å². The maximum Gasteiger partial charge on any atom is 0.0193 e. The number of rotatable bonds is 2. The van der Waals surface area contributed by atoms with E-state index < -0.39 is 0 Å². The zero-order valence-corrected chi connectivity index (χ0v) is 9.41. The van der Waals surface area contributed by atoms with Crippen molar-refractivity contribution in [3.8, 4) is 0 Å².